The van der Waals surface area contributed by atoms with Gasteiger partial charge in [0.25, 0.3) is 0 Å². The highest BCUT2D eigenvalue weighted by molar-refractivity contribution is 5.42. The van der Waals surface area contributed by atoms with Crippen LogP contribution in [0.15, 0.2) is 18.2 Å². The van der Waals surface area contributed by atoms with Crippen molar-refractivity contribution in [3.63, 3.8) is 0 Å². The van der Waals surface area contributed by atoms with Gasteiger partial charge in [-0.1, -0.05) is 19.1 Å². The first-order valence-corrected chi connectivity index (χ1v) is 4.69. The SMILES string of the molecule is C[C@@H]1CCc2cccc(C(F)(F)F)c21. The number of halogens is 3. The Labute approximate surface area is 80.7 Å². The fraction of sp³-hybridized carbons (Fsp3) is 0.455. The molecule has 0 aliphatic heterocycles. The van der Waals surface area contributed by atoms with Crippen LogP contribution in [0.25, 0.3) is 0 Å². The molecule has 14 heavy (non-hydrogen) atoms. The van der Waals surface area contributed by atoms with Crippen molar-refractivity contribution in [1.29, 1.82) is 0 Å². The van der Waals surface area contributed by atoms with E-state index in [0.29, 0.717) is 5.56 Å². The molecule has 1 aliphatic carbocycles. The molecule has 0 N–H and O–H groups in total. The van der Waals surface area contributed by atoms with Gasteiger partial charge in [0.2, 0.25) is 0 Å². The molecule has 0 unspecified atom stereocenters. The molecule has 0 fully saturated rings. The summed E-state index contributed by atoms with van der Waals surface area (Å²) < 4.78 is 37.8. The minimum absolute atomic E-state index is 0.0443. The van der Waals surface area contributed by atoms with Gasteiger partial charge in [-0.25, -0.2) is 0 Å². The monoisotopic (exact) mass is 200 g/mol. The molecule has 0 heterocycles. The maximum Gasteiger partial charge on any atom is 0.416 e. The Morgan fingerprint density at radius 1 is 1.29 bits per heavy atom. The summed E-state index contributed by atoms with van der Waals surface area (Å²) in [5.41, 5.74) is 0.937. The normalized spacial score (nSPS) is 21.0. The lowest BCUT2D eigenvalue weighted by Crippen LogP contribution is -2.09. The van der Waals surface area contributed by atoms with E-state index in [4.69, 9.17) is 0 Å². The van der Waals surface area contributed by atoms with Gasteiger partial charge in [0, 0.05) is 0 Å². The van der Waals surface area contributed by atoms with Crippen LogP contribution < -0.4 is 0 Å². The number of fused-ring (bicyclic) bond motifs is 1. The summed E-state index contributed by atoms with van der Waals surface area (Å²) >= 11 is 0. The van der Waals surface area contributed by atoms with E-state index in [1.54, 1.807) is 6.07 Å². The summed E-state index contributed by atoms with van der Waals surface area (Å²) in [6, 6.07) is 4.48. The Morgan fingerprint density at radius 2 is 2.00 bits per heavy atom. The number of rotatable bonds is 0. The van der Waals surface area contributed by atoms with Gasteiger partial charge in [-0.3, -0.25) is 0 Å². The zero-order chi connectivity index (χ0) is 10.3. The Hall–Kier alpha value is -0.990. The van der Waals surface area contributed by atoms with Crippen LogP contribution in [-0.4, -0.2) is 0 Å². The molecular formula is C11H11F3. The fourth-order valence-corrected chi connectivity index (χ4v) is 2.18. The molecule has 76 valence electrons. The third kappa shape index (κ3) is 1.41. The van der Waals surface area contributed by atoms with Crippen molar-refractivity contribution in [3.05, 3.63) is 34.9 Å². The maximum absolute atomic E-state index is 12.6. The summed E-state index contributed by atoms with van der Waals surface area (Å²) in [6.07, 6.45) is -2.59. The van der Waals surface area contributed by atoms with Gasteiger partial charge in [0.15, 0.2) is 0 Å². The van der Waals surface area contributed by atoms with E-state index >= 15 is 0 Å². The van der Waals surface area contributed by atoms with E-state index < -0.39 is 11.7 Å². The highest BCUT2D eigenvalue weighted by Gasteiger charge is 2.36. The Bertz CT molecular complexity index is 352. The van der Waals surface area contributed by atoms with Crippen molar-refractivity contribution in [2.24, 2.45) is 0 Å². The van der Waals surface area contributed by atoms with Gasteiger partial charge >= 0.3 is 6.18 Å². The molecule has 3 heteroatoms. The predicted molar refractivity (Wildman–Crippen MR) is 48.2 cm³/mol. The zero-order valence-electron chi connectivity index (χ0n) is 7.86. The molecule has 0 saturated heterocycles. The Morgan fingerprint density at radius 3 is 2.64 bits per heavy atom. The minimum Gasteiger partial charge on any atom is -0.166 e. The molecule has 1 aromatic rings. The van der Waals surface area contributed by atoms with Crippen LogP contribution in [0.3, 0.4) is 0 Å². The van der Waals surface area contributed by atoms with Gasteiger partial charge in [-0.2, -0.15) is 13.2 Å². The third-order valence-corrected chi connectivity index (χ3v) is 2.84. The molecule has 0 bridgehead atoms. The standard InChI is InChI=1S/C11H11F3/c1-7-5-6-8-3-2-4-9(10(7)8)11(12,13)14/h2-4,7H,5-6H2,1H3/t7-/m1/s1. The summed E-state index contributed by atoms with van der Waals surface area (Å²) in [6.45, 7) is 1.86. The highest BCUT2D eigenvalue weighted by atomic mass is 19.4. The minimum atomic E-state index is -4.20. The lowest BCUT2D eigenvalue weighted by atomic mass is 9.97. The highest BCUT2D eigenvalue weighted by Crippen LogP contribution is 2.41. The largest absolute Gasteiger partial charge is 0.416 e. The van der Waals surface area contributed by atoms with E-state index in [-0.39, 0.29) is 5.92 Å². The maximum atomic E-state index is 12.6. The Kier molecular flexibility index (Phi) is 2.05. The van der Waals surface area contributed by atoms with Crippen molar-refractivity contribution >= 4 is 0 Å². The van der Waals surface area contributed by atoms with Gasteiger partial charge in [0.1, 0.15) is 0 Å². The zero-order valence-corrected chi connectivity index (χ0v) is 7.86. The molecule has 0 aromatic heterocycles. The number of benzene rings is 1. The fourth-order valence-electron chi connectivity index (χ4n) is 2.18. The van der Waals surface area contributed by atoms with Crippen molar-refractivity contribution in [3.8, 4) is 0 Å². The van der Waals surface area contributed by atoms with Crippen LogP contribution in [0.5, 0.6) is 0 Å². The summed E-state index contributed by atoms with van der Waals surface area (Å²) in [4.78, 5) is 0. The number of alkyl halides is 3. The molecule has 0 nitrogen and oxygen atoms in total. The lowest BCUT2D eigenvalue weighted by molar-refractivity contribution is -0.138. The second-order valence-electron chi connectivity index (χ2n) is 3.82. The first-order chi connectivity index (χ1) is 6.50. The molecular weight excluding hydrogens is 189 g/mol. The van der Waals surface area contributed by atoms with Crippen LogP contribution in [0.4, 0.5) is 13.2 Å². The second kappa shape index (κ2) is 3.01. The van der Waals surface area contributed by atoms with Gasteiger partial charge in [0.05, 0.1) is 5.56 Å². The predicted octanol–water partition coefficient (Wildman–Crippen LogP) is 3.76. The number of hydrogen-bond acceptors (Lipinski definition) is 0. The van der Waals surface area contributed by atoms with Crippen LogP contribution in [0.1, 0.15) is 36.0 Å². The molecule has 1 atom stereocenters. The summed E-state index contributed by atoms with van der Waals surface area (Å²) in [5, 5.41) is 0. The average molecular weight is 200 g/mol. The molecule has 0 spiro atoms. The second-order valence-corrected chi connectivity index (χ2v) is 3.82. The van der Waals surface area contributed by atoms with Crippen LogP contribution in [0, 0.1) is 0 Å². The summed E-state index contributed by atoms with van der Waals surface area (Å²) in [7, 11) is 0. The third-order valence-electron chi connectivity index (χ3n) is 2.84. The number of aryl methyl sites for hydroxylation is 1. The van der Waals surface area contributed by atoms with Crippen molar-refractivity contribution in [2.45, 2.75) is 31.9 Å². The summed E-state index contributed by atoms with van der Waals surface area (Å²) in [5.74, 6) is 0.0443. The first-order valence-electron chi connectivity index (χ1n) is 4.69. The quantitative estimate of drug-likeness (QED) is 0.598. The van der Waals surface area contributed by atoms with Crippen molar-refractivity contribution < 1.29 is 13.2 Å². The van der Waals surface area contributed by atoms with E-state index in [1.807, 2.05) is 6.92 Å². The van der Waals surface area contributed by atoms with E-state index in [0.717, 1.165) is 18.4 Å². The van der Waals surface area contributed by atoms with Crippen molar-refractivity contribution in [1.82, 2.24) is 0 Å². The smallest absolute Gasteiger partial charge is 0.166 e. The first kappa shape index (κ1) is 9.56. The van der Waals surface area contributed by atoms with E-state index in [2.05, 4.69) is 0 Å². The molecule has 0 saturated carbocycles. The molecule has 0 amide bonds. The van der Waals surface area contributed by atoms with Gasteiger partial charge in [-0.15, -0.1) is 0 Å². The van der Waals surface area contributed by atoms with Crippen molar-refractivity contribution in [2.75, 3.05) is 0 Å². The van der Waals surface area contributed by atoms with E-state index in [9.17, 15) is 13.2 Å². The molecule has 0 radical (unpaired) electrons. The van der Waals surface area contributed by atoms with E-state index in [1.165, 1.54) is 12.1 Å². The molecule has 1 aromatic carbocycles. The van der Waals surface area contributed by atoms with Crippen LogP contribution in [-0.2, 0) is 12.6 Å². The molecule has 1 aliphatic rings. The van der Waals surface area contributed by atoms with Gasteiger partial charge in [-0.05, 0) is 36.0 Å². The molecule has 2 rings (SSSR count). The van der Waals surface area contributed by atoms with Crippen LogP contribution in [0.2, 0.25) is 0 Å². The van der Waals surface area contributed by atoms with Crippen LogP contribution >= 0.6 is 0 Å². The topological polar surface area (TPSA) is 0 Å². The lowest BCUT2D eigenvalue weighted by Gasteiger charge is -2.14. The van der Waals surface area contributed by atoms with Gasteiger partial charge < -0.3 is 0 Å². The number of hydrogen-bond donors (Lipinski definition) is 0. The average Bonchev–Trinajstić information content (AvgIpc) is 2.46. The Balaban J connectivity index is 2.58.